The Balaban J connectivity index is 0.000000921. The van der Waals surface area contributed by atoms with Gasteiger partial charge in [-0.15, -0.1) is 0 Å². The maximum atomic E-state index is 8.83. The topological polar surface area (TPSA) is 33.0 Å². The van der Waals surface area contributed by atoms with Crippen LogP contribution < -0.4 is 4.74 Å². The molecule has 0 aliphatic heterocycles. The Morgan fingerprint density at radius 2 is 1.87 bits per heavy atom. The lowest BCUT2D eigenvalue weighted by Crippen LogP contribution is -2.06. The zero-order valence-electron chi connectivity index (χ0n) is 10.2. The molecule has 1 rings (SSSR count). The molecule has 0 amide bonds. The smallest absolute Gasteiger partial charge is 0.137 e. The van der Waals surface area contributed by atoms with Crippen LogP contribution in [0.5, 0.6) is 5.75 Å². The number of hydrogen-bond donors (Lipinski definition) is 0. The predicted molar refractivity (Wildman–Crippen MR) is 63.0 cm³/mol. The third kappa shape index (κ3) is 4.51. The molecule has 0 aromatic heterocycles. The molecule has 0 aliphatic rings. The molecule has 1 aromatic rings. The second-order valence-corrected chi connectivity index (χ2v) is 3.28. The molecule has 0 aliphatic carbocycles. The second-order valence-electron chi connectivity index (χ2n) is 3.28. The van der Waals surface area contributed by atoms with Crippen LogP contribution >= 0.6 is 0 Å². The molecule has 0 unspecified atom stereocenters. The fourth-order valence-electron chi connectivity index (χ4n) is 1.09. The predicted octanol–water partition coefficient (Wildman–Crippen LogP) is 3.68. The van der Waals surface area contributed by atoms with E-state index in [1.54, 1.807) is 0 Å². The summed E-state index contributed by atoms with van der Waals surface area (Å²) in [6, 6.07) is 7.73. The van der Waals surface area contributed by atoms with Gasteiger partial charge in [0.15, 0.2) is 0 Å². The zero-order chi connectivity index (χ0) is 11.8. The van der Waals surface area contributed by atoms with Gasteiger partial charge < -0.3 is 4.74 Å². The molecule has 0 heterocycles. The first-order chi connectivity index (χ1) is 7.13. The number of nitrogens with zero attached hydrogens (tertiary/aromatic N) is 1. The third-order valence-corrected chi connectivity index (χ3v) is 1.62. The lowest BCUT2D eigenvalue weighted by atomic mass is 10.1. The SMILES string of the molecule is CC.Cc1ccc(OC(C)C)c(C#N)c1. The van der Waals surface area contributed by atoms with E-state index >= 15 is 0 Å². The maximum Gasteiger partial charge on any atom is 0.137 e. The van der Waals surface area contributed by atoms with Crippen molar-refractivity contribution in [3.05, 3.63) is 29.3 Å². The molecular weight excluding hydrogens is 186 g/mol. The average molecular weight is 205 g/mol. The quantitative estimate of drug-likeness (QED) is 0.737. The van der Waals surface area contributed by atoms with Gasteiger partial charge in [-0.3, -0.25) is 0 Å². The summed E-state index contributed by atoms with van der Waals surface area (Å²) >= 11 is 0. The van der Waals surface area contributed by atoms with E-state index in [-0.39, 0.29) is 6.10 Å². The van der Waals surface area contributed by atoms with Crippen molar-refractivity contribution < 1.29 is 4.74 Å². The average Bonchev–Trinajstić information content (AvgIpc) is 2.23. The Labute approximate surface area is 92.5 Å². The van der Waals surface area contributed by atoms with Crippen LogP contribution in [0, 0.1) is 18.3 Å². The van der Waals surface area contributed by atoms with Gasteiger partial charge in [0.1, 0.15) is 11.8 Å². The molecule has 0 saturated heterocycles. The lowest BCUT2D eigenvalue weighted by molar-refractivity contribution is 0.241. The summed E-state index contributed by atoms with van der Waals surface area (Å²) in [5.41, 5.74) is 1.68. The van der Waals surface area contributed by atoms with Gasteiger partial charge in [0.2, 0.25) is 0 Å². The summed E-state index contributed by atoms with van der Waals surface area (Å²) in [4.78, 5) is 0. The number of nitriles is 1. The molecule has 0 saturated carbocycles. The Bertz CT molecular complexity index is 337. The molecule has 15 heavy (non-hydrogen) atoms. The highest BCUT2D eigenvalue weighted by Gasteiger charge is 2.04. The van der Waals surface area contributed by atoms with E-state index in [9.17, 15) is 0 Å². The highest BCUT2D eigenvalue weighted by molar-refractivity contribution is 5.45. The third-order valence-electron chi connectivity index (χ3n) is 1.62. The lowest BCUT2D eigenvalue weighted by Gasteiger charge is -2.10. The van der Waals surface area contributed by atoms with Gasteiger partial charge in [-0.1, -0.05) is 19.9 Å². The molecule has 0 N–H and O–H groups in total. The summed E-state index contributed by atoms with van der Waals surface area (Å²) < 4.78 is 5.47. The van der Waals surface area contributed by atoms with Crippen LogP contribution in [0.25, 0.3) is 0 Å². The highest BCUT2D eigenvalue weighted by atomic mass is 16.5. The van der Waals surface area contributed by atoms with Crippen LogP contribution in [0.2, 0.25) is 0 Å². The van der Waals surface area contributed by atoms with E-state index in [1.165, 1.54) is 0 Å². The summed E-state index contributed by atoms with van der Waals surface area (Å²) in [5.74, 6) is 0.670. The van der Waals surface area contributed by atoms with E-state index in [1.807, 2.05) is 52.8 Å². The van der Waals surface area contributed by atoms with E-state index in [0.717, 1.165) is 5.56 Å². The van der Waals surface area contributed by atoms with Gasteiger partial charge in [0, 0.05) is 0 Å². The van der Waals surface area contributed by atoms with Crippen molar-refractivity contribution in [2.75, 3.05) is 0 Å². The number of ether oxygens (including phenoxy) is 1. The highest BCUT2D eigenvalue weighted by Crippen LogP contribution is 2.19. The molecule has 0 bridgehead atoms. The van der Waals surface area contributed by atoms with E-state index in [4.69, 9.17) is 10.00 Å². The number of aryl methyl sites for hydroxylation is 1. The molecule has 0 fully saturated rings. The van der Waals surface area contributed by atoms with Gasteiger partial charge in [-0.25, -0.2) is 0 Å². The van der Waals surface area contributed by atoms with Crippen LogP contribution in [-0.4, -0.2) is 6.10 Å². The van der Waals surface area contributed by atoms with Crippen molar-refractivity contribution in [1.29, 1.82) is 5.26 Å². The summed E-state index contributed by atoms with van der Waals surface area (Å²) in [6.45, 7) is 9.85. The molecule has 2 nitrogen and oxygen atoms in total. The minimum atomic E-state index is 0.106. The second kappa shape index (κ2) is 6.89. The maximum absolute atomic E-state index is 8.83. The van der Waals surface area contributed by atoms with Crippen molar-refractivity contribution >= 4 is 0 Å². The normalized spacial score (nSPS) is 8.87. The van der Waals surface area contributed by atoms with Gasteiger partial charge >= 0.3 is 0 Å². The first-order valence-corrected chi connectivity index (χ1v) is 5.31. The number of hydrogen-bond acceptors (Lipinski definition) is 2. The van der Waals surface area contributed by atoms with Crippen LogP contribution in [0.1, 0.15) is 38.8 Å². The summed E-state index contributed by atoms with van der Waals surface area (Å²) in [5, 5.41) is 8.83. The summed E-state index contributed by atoms with van der Waals surface area (Å²) in [6.07, 6.45) is 0.106. The fourth-order valence-corrected chi connectivity index (χ4v) is 1.09. The van der Waals surface area contributed by atoms with E-state index in [0.29, 0.717) is 11.3 Å². The van der Waals surface area contributed by atoms with Crippen LogP contribution in [0.15, 0.2) is 18.2 Å². The largest absolute Gasteiger partial charge is 0.490 e. The van der Waals surface area contributed by atoms with Crippen LogP contribution in [0.3, 0.4) is 0 Å². The molecule has 2 heteroatoms. The molecule has 1 aromatic carbocycles. The number of rotatable bonds is 2. The van der Waals surface area contributed by atoms with Crippen LogP contribution in [0.4, 0.5) is 0 Å². The van der Waals surface area contributed by atoms with Crippen molar-refractivity contribution in [3.63, 3.8) is 0 Å². The molecular formula is C13H19NO. The Morgan fingerprint density at radius 1 is 1.27 bits per heavy atom. The van der Waals surface area contributed by atoms with Gasteiger partial charge in [0.25, 0.3) is 0 Å². The minimum Gasteiger partial charge on any atom is -0.490 e. The van der Waals surface area contributed by atoms with Crippen molar-refractivity contribution in [3.8, 4) is 11.8 Å². The Kier molecular flexibility index (Phi) is 6.21. The standard InChI is InChI=1S/C11H13NO.C2H6/c1-8(2)13-11-5-4-9(3)6-10(11)7-12;1-2/h4-6,8H,1-3H3;1-2H3. The zero-order valence-corrected chi connectivity index (χ0v) is 10.2. The van der Waals surface area contributed by atoms with Gasteiger partial charge in [0.05, 0.1) is 11.7 Å². The molecule has 0 spiro atoms. The molecule has 82 valence electrons. The molecule has 0 atom stereocenters. The fraction of sp³-hybridized carbons (Fsp3) is 0.462. The monoisotopic (exact) mass is 205 g/mol. The molecule has 0 radical (unpaired) electrons. The Hall–Kier alpha value is -1.49. The number of benzene rings is 1. The minimum absolute atomic E-state index is 0.106. The van der Waals surface area contributed by atoms with E-state index in [2.05, 4.69) is 6.07 Å². The van der Waals surface area contributed by atoms with E-state index < -0.39 is 0 Å². The first-order valence-electron chi connectivity index (χ1n) is 5.31. The van der Waals surface area contributed by atoms with Gasteiger partial charge in [-0.05, 0) is 38.5 Å². The van der Waals surface area contributed by atoms with Crippen molar-refractivity contribution in [2.24, 2.45) is 0 Å². The van der Waals surface area contributed by atoms with Crippen molar-refractivity contribution in [2.45, 2.75) is 40.7 Å². The van der Waals surface area contributed by atoms with Gasteiger partial charge in [-0.2, -0.15) is 5.26 Å². The Morgan fingerprint density at radius 3 is 2.33 bits per heavy atom. The first kappa shape index (κ1) is 13.5. The van der Waals surface area contributed by atoms with Crippen molar-refractivity contribution in [1.82, 2.24) is 0 Å². The van der Waals surface area contributed by atoms with Crippen LogP contribution in [-0.2, 0) is 0 Å². The summed E-state index contributed by atoms with van der Waals surface area (Å²) in [7, 11) is 0.